The zero-order chi connectivity index (χ0) is 37.9. The van der Waals surface area contributed by atoms with Crippen molar-refractivity contribution in [3.63, 3.8) is 0 Å². The monoisotopic (exact) mass is 745 g/mol. The van der Waals surface area contributed by atoms with Gasteiger partial charge in [-0.2, -0.15) is 0 Å². The van der Waals surface area contributed by atoms with E-state index in [1.165, 1.54) is 83.5 Å². The third-order valence-electron chi connectivity index (χ3n) is 8.73. The van der Waals surface area contributed by atoms with E-state index in [0.29, 0.717) is 17.4 Å². The zero-order valence-corrected chi connectivity index (χ0v) is 34.5. The molecule has 9 nitrogen and oxygen atoms in total. The van der Waals surface area contributed by atoms with Crippen LogP contribution in [0.4, 0.5) is 0 Å². The predicted molar refractivity (Wildman–Crippen MR) is 211 cm³/mol. The fraction of sp³-hybridized carbons (Fsp3) is 0.854. The summed E-state index contributed by atoms with van der Waals surface area (Å²) in [6.07, 6.45) is 35.0. The van der Waals surface area contributed by atoms with E-state index in [1.807, 2.05) is 21.1 Å². The Morgan fingerprint density at radius 1 is 0.608 bits per heavy atom. The molecule has 0 aromatic carbocycles. The van der Waals surface area contributed by atoms with Gasteiger partial charge in [0.25, 0.3) is 0 Å². The van der Waals surface area contributed by atoms with Crippen LogP contribution >= 0.6 is 7.82 Å². The number of phosphoric ester groups is 1. The number of nitrogens with zero attached hydrogens (tertiary/aromatic N) is 1. The second kappa shape index (κ2) is 34.3. The first-order valence-electron chi connectivity index (χ1n) is 20.6. The zero-order valence-electron chi connectivity index (χ0n) is 33.6. The standard InChI is InChI=1S/C41H78NO8P/c1-6-8-10-12-14-16-18-20-21-22-24-26-28-30-32-34-41(44)50-39(38-49-51(45,46)48-36-35-42(3,4)5)37-47-40(43)33-31-29-27-25-23-19-17-15-13-11-9-7-2/h14,16,20-21,39H,6-13,15,17-19,22-38H2,1-5H3/p+1/b16-14+,21-20+/t39-/m1/s1. The first-order valence-corrected chi connectivity index (χ1v) is 22.1. The van der Waals surface area contributed by atoms with E-state index in [9.17, 15) is 19.0 Å². The molecular weight excluding hydrogens is 665 g/mol. The Hall–Kier alpha value is -1.51. The van der Waals surface area contributed by atoms with Crippen molar-refractivity contribution < 1.29 is 42.1 Å². The van der Waals surface area contributed by atoms with Crippen molar-refractivity contribution >= 4 is 19.8 Å². The average molecular weight is 745 g/mol. The minimum Gasteiger partial charge on any atom is -0.462 e. The highest BCUT2D eigenvalue weighted by Gasteiger charge is 2.27. The van der Waals surface area contributed by atoms with Crippen molar-refractivity contribution in [2.24, 2.45) is 0 Å². The fourth-order valence-corrected chi connectivity index (χ4v) is 6.20. The Kier molecular flexibility index (Phi) is 33.3. The van der Waals surface area contributed by atoms with Gasteiger partial charge in [-0.1, -0.05) is 141 Å². The van der Waals surface area contributed by atoms with Gasteiger partial charge in [0.2, 0.25) is 0 Å². The van der Waals surface area contributed by atoms with E-state index >= 15 is 0 Å². The Balaban J connectivity index is 4.42. The normalized spacial score (nSPS) is 13.9. The van der Waals surface area contributed by atoms with Crippen LogP contribution in [0.15, 0.2) is 24.3 Å². The average Bonchev–Trinajstić information content (AvgIpc) is 3.07. The summed E-state index contributed by atoms with van der Waals surface area (Å²) >= 11 is 0. The van der Waals surface area contributed by atoms with E-state index < -0.39 is 26.5 Å². The van der Waals surface area contributed by atoms with E-state index in [-0.39, 0.29) is 32.0 Å². The summed E-state index contributed by atoms with van der Waals surface area (Å²) in [5.41, 5.74) is 0. The minimum atomic E-state index is -4.37. The summed E-state index contributed by atoms with van der Waals surface area (Å²) in [4.78, 5) is 35.2. The first kappa shape index (κ1) is 49.5. The van der Waals surface area contributed by atoms with Gasteiger partial charge in [-0.15, -0.1) is 0 Å². The lowest BCUT2D eigenvalue weighted by Crippen LogP contribution is -2.37. The predicted octanol–water partition coefficient (Wildman–Crippen LogP) is 11.2. The lowest BCUT2D eigenvalue weighted by atomic mass is 10.0. The molecule has 300 valence electrons. The molecule has 0 rings (SSSR count). The summed E-state index contributed by atoms with van der Waals surface area (Å²) < 4.78 is 34.2. The highest BCUT2D eigenvalue weighted by Crippen LogP contribution is 2.43. The molecule has 1 unspecified atom stereocenters. The summed E-state index contributed by atoms with van der Waals surface area (Å²) in [7, 11) is 1.47. The highest BCUT2D eigenvalue weighted by molar-refractivity contribution is 7.47. The lowest BCUT2D eigenvalue weighted by molar-refractivity contribution is -0.870. The maximum absolute atomic E-state index is 12.6. The molecule has 2 atom stereocenters. The van der Waals surface area contributed by atoms with E-state index in [4.69, 9.17) is 18.5 Å². The van der Waals surface area contributed by atoms with E-state index in [2.05, 4.69) is 38.2 Å². The van der Waals surface area contributed by atoms with Crippen molar-refractivity contribution in [1.82, 2.24) is 0 Å². The molecule has 0 aliphatic rings. The summed E-state index contributed by atoms with van der Waals surface area (Å²) in [6.45, 7) is 4.37. The third-order valence-corrected chi connectivity index (χ3v) is 9.72. The number of quaternary nitrogens is 1. The second-order valence-corrected chi connectivity index (χ2v) is 16.5. The maximum Gasteiger partial charge on any atom is 0.472 e. The quantitative estimate of drug-likeness (QED) is 0.0220. The number of allylic oxidation sites excluding steroid dienone is 4. The molecule has 0 saturated heterocycles. The number of hydrogen-bond acceptors (Lipinski definition) is 7. The van der Waals surface area contributed by atoms with Crippen LogP contribution in [0.2, 0.25) is 0 Å². The largest absolute Gasteiger partial charge is 0.472 e. The van der Waals surface area contributed by atoms with Gasteiger partial charge in [-0.3, -0.25) is 18.6 Å². The van der Waals surface area contributed by atoms with Crippen molar-refractivity contribution in [1.29, 1.82) is 0 Å². The molecule has 10 heteroatoms. The topological polar surface area (TPSA) is 108 Å². The molecule has 0 aliphatic heterocycles. The Labute approximate surface area is 313 Å². The van der Waals surface area contributed by atoms with Crippen molar-refractivity contribution in [2.45, 2.75) is 180 Å². The number of hydrogen-bond donors (Lipinski definition) is 1. The number of carbonyl (C=O) groups excluding carboxylic acids is 2. The third kappa shape index (κ3) is 38.0. The summed E-state index contributed by atoms with van der Waals surface area (Å²) in [5.74, 6) is -0.812. The van der Waals surface area contributed by atoms with Crippen LogP contribution in [0.3, 0.4) is 0 Å². The van der Waals surface area contributed by atoms with Crippen LogP contribution in [-0.2, 0) is 32.7 Å². The number of esters is 2. The van der Waals surface area contributed by atoms with E-state index in [0.717, 1.165) is 57.8 Å². The van der Waals surface area contributed by atoms with Crippen LogP contribution in [-0.4, -0.2) is 74.9 Å². The van der Waals surface area contributed by atoms with Gasteiger partial charge in [0.15, 0.2) is 6.10 Å². The molecule has 0 fully saturated rings. The number of phosphoric acid groups is 1. The van der Waals surface area contributed by atoms with Gasteiger partial charge in [-0.25, -0.2) is 4.57 Å². The molecular formula is C41H79NO8P+. The SMILES string of the molecule is CCCCC/C=C/C/C=C/CCCCCCCC(=O)O[C@H](COC(=O)CCCCCCCCCCCCCC)COP(=O)(O)OCC[N+](C)(C)C. The first-order chi connectivity index (χ1) is 24.5. The molecule has 0 aliphatic carbocycles. The number of ether oxygens (including phenoxy) is 2. The van der Waals surface area contributed by atoms with Gasteiger partial charge in [0.05, 0.1) is 27.7 Å². The molecule has 51 heavy (non-hydrogen) atoms. The summed E-state index contributed by atoms with van der Waals surface area (Å²) in [6, 6.07) is 0. The van der Waals surface area contributed by atoms with Crippen LogP contribution in [0.5, 0.6) is 0 Å². The molecule has 0 spiro atoms. The number of unbranched alkanes of at least 4 members (excludes halogenated alkanes) is 19. The summed E-state index contributed by atoms with van der Waals surface area (Å²) in [5, 5.41) is 0. The molecule has 0 bridgehead atoms. The molecule has 0 amide bonds. The highest BCUT2D eigenvalue weighted by atomic mass is 31.2. The van der Waals surface area contributed by atoms with Crippen LogP contribution in [0.1, 0.15) is 174 Å². The maximum atomic E-state index is 12.6. The van der Waals surface area contributed by atoms with Crippen LogP contribution < -0.4 is 0 Å². The fourth-order valence-electron chi connectivity index (χ4n) is 5.45. The Morgan fingerprint density at radius 3 is 1.59 bits per heavy atom. The Morgan fingerprint density at radius 2 is 1.06 bits per heavy atom. The second-order valence-electron chi connectivity index (χ2n) is 15.0. The van der Waals surface area contributed by atoms with Gasteiger partial charge in [0, 0.05) is 12.8 Å². The smallest absolute Gasteiger partial charge is 0.462 e. The van der Waals surface area contributed by atoms with Gasteiger partial charge in [0.1, 0.15) is 19.8 Å². The van der Waals surface area contributed by atoms with Gasteiger partial charge >= 0.3 is 19.8 Å². The van der Waals surface area contributed by atoms with Crippen molar-refractivity contribution in [3.8, 4) is 0 Å². The molecule has 1 N–H and O–H groups in total. The minimum absolute atomic E-state index is 0.0303. The Bertz CT molecular complexity index is 933. The molecule has 0 radical (unpaired) electrons. The van der Waals surface area contributed by atoms with Crippen LogP contribution in [0.25, 0.3) is 0 Å². The molecule has 0 saturated carbocycles. The number of likely N-dealkylation sites (N-methyl/N-ethyl adjacent to an activating group) is 1. The molecule has 0 aromatic heterocycles. The van der Waals surface area contributed by atoms with E-state index in [1.54, 1.807) is 0 Å². The van der Waals surface area contributed by atoms with Crippen LogP contribution in [0, 0.1) is 0 Å². The molecule has 0 heterocycles. The van der Waals surface area contributed by atoms with Gasteiger partial charge < -0.3 is 18.9 Å². The number of rotatable bonds is 37. The van der Waals surface area contributed by atoms with Crippen molar-refractivity contribution in [2.75, 3.05) is 47.5 Å². The van der Waals surface area contributed by atoms with Crippen molar-refractivity contribution in [3.05, 3.63) is 24.3 Å². The molecule has 0 aromatic rings. The lowest BCUT2D eigenvalue weighted by Gasteiger charge is -2.24. The number of carbonyl (C=O) groups is 2. The van der Waals surface area contributed by atoms with Gasteiger partial charge in [-0.05, 0) is 44.9 Å².